The number of likely N-dealkylation sites (tertiary alicyclic amines) is 1. The molecule has 2 saturated heterocycles. The van der Waals surface area contributed by atoms with Crippen LogP contribution in [0.15, 0.2) is 29.3 Å². The van der Waals surface area contributed by atoms with Crippen LogP contribution >= 0.6 is 0 Å². The molecule has 0 bridgehead atoms. The Kier molecular flexibility index (Phi) is 7.29. The van der Waals surface area contributed by atoms with Crippen LogP contribution in [0.5, 0.6) is 0 Å². The molecule has 1 aromatic rings. The van der Waals surface area contributed by atoms with Crippen LogP contribution in [0, 0.1) is 0 Å². The van der Waals surface area contributed by atoms with E-state index in [2.05, 4.69) is 28.4 Å². The van der Waals surface area contributed by atoms with E-state index in [9.17, 15) is 9.59 Å². The molecular weight excluding hydrogens is 406 g/mol. The standard InChI is InChI=1S/C24H35N5O3/c1-27(2)23(31)16-26-24(25-15-19-7-6-14-32-19)29-17-18(20-8-3-4-9-21(20)29)11-13-28-12-5-10-22(28)30/h3-4,8-9,18-19H,5-7,10-17H2,1-2H3,(H,25,26). The molecule has 174 valence electrons. The van der Waals surface area contributed by atoms with Crippen molar-refractivity contribution in [1.82, 2.24) is 15.1 Å². The van der Waals surface area contributed by atoms with Crippen LogP contribution in [-0.4, -0.2) is 87.1 Å². The Labute approximate surface area is 190 Å². The first-order valence-corrected chi connectivity index (χ1v) is 11.8. The number of guanidine groups is 1. The number of aliphatic imine (C=N–C) groups is 1. The Morgan fingerprint density at radius 3 is 2.84 bits per heavy atom. The minimum absolute atomic E-state index is 0.0296. The third-order valence-electron chi connectivity index (χ3n) is 6.62. The summed E-state index contributed by atoms with van der Waals surface area (Å²) < 4.78 is 5.78. The first kappa shape index (κ1) is 22.6. The summed E-state index contributed by atoms with van der Waals surface area (Å²) in [5.41, 5.74) is 2.41. The molecule has 0 saturated carbocycles. The van der Waals surface area contributed by atoms with Crippen LogP contribution in [0.25, 0.3) is 0 Å². The van der Waals surface area contributed by atoms with Crippen molar-refractivity contribution in [2.45, 2.75) is 44.1 Å². The quantitative estimate of drug-likeness (QED) is 0.516. The molecule has 3 aliphatic rings. The number of hydrogen-bond acceptors (Lipinski definition) is 4. The van der Waals surface area contributed by atoms with Gasteiger partial charge in [-0.15, -0.1) is 0 Å². The zero-order valence-corrected chi connectivity index (χ0v) is 19.3. The van der Waals surface area contributed by atoms with Gasteiger partial charge in [0.1, 0.15) is 6.54 Å². The zero-order chi connectivity index (χ0) is 22.5. The Morgan fingerprint density at radius 2 is 2.12 bits per heavy atom. The van der Waals surface area contributed by atoms with Crippen molar-refractivity contribution in [3.05, 3.63) is 29.8 Å². The summed E-state index contributed by atoms with van der Waals surface area (Å²) in [6.45, 7) is 4.05. The second kappa shape index (κ2) is 10.3. The van der Waals surface area contributed by atoms with Gasteiger partial charge in [-0.05, 0) is 37.3 Å². The molecule has 1 N–H and O–H groups in total. The average molecular weight is 442 g/mol. The van der Waals surface area contributed by atoms with Crippen LogP contribution in [0.3, 0.4) is 0 Å². The topological polar surface area (TPSA) is 77.5 Å². The van der Waals surface area contributed by atoms with Gasteiger partial charge in [0.15, 0.2) is 5.96 Å². The maximum Gasteiger partial charge on any atom is 0.243 e. The lowest BCUT2D eigenvalue weighted by Crippen LogP contribution is -2.44. The van der Waals surface area contributed by atoms with E-state index >= 15 is 0 Å². The molecule has 0 spiro atoms. The summed E-state index contributed by atoms with van der Waals surface area (Å²) in [7, 11) is 3.50. The summed E-state index contributed by atoms with van der Waals surface area (Å²) in [5.74, 6) is 1.29. The second-order valence-electron chi connectivity index (χ2n) is 9.08. The number of ether oxygens (including phenoxy) is 1. The highest BCUT2D eigenvalue weighted by Gasteiger charge is 2.32. The lowest BCUT2D eigenvalue weighted by molar-refractivity contribution is -0.128. The lowest BCUT2D eigenvalue weighted by Gasteiger charge is -2.25. The van der Waals surface area contributed by atoms with Gasteiger partial charge in [-0.25, -0.2) is 4.99 Å². The molecule has 0 radical (unpaired) electrons. The van der Waals surface area contributed by atoms with Crippen molar-refractivity contribution in [2.75, 3.05) is 58.3 Å². The molecule has 3 aliphatic heterocycles. The fourth-order valence-electron chi connectivity index (χ4n) is 4.73. The molecule has 2 unspecified atom stereocenters. The predicted octanol–water partition coefficient (Wildman–Crippen LogP) is 1.82. The molecule has 0 aliphatic carbocycles. The smallest absolute Gasteiger partial charge is 0.243 e. The van der Waals surface area contributed by atoms with E-state index in [0.717, 1.165) is 63.6 Å². The van der Waals surface area contributed by atoms with Crippen molar-refractivity contribution in [3.8, 4) is 0 Å². The van der Waals surface area contributed by atoms with Gasteiger partial charge in [0.05, 0.1) is 6.10 Å². The van der Waals surface area contributed by atoms with Crippen molar-refractivity contribution < 1.29 is 14.3 Å². The Morgan fingerprint density at radius 1 is 1.28 bits per heavy atom. The number of nitrogens with one attached hydrogen (secondary N) is 1. The molecule has 2 atom stereocenters. The third kappa shape index (κ3) is 5.23. The van der Waals surface area contributed by atoms with E-state index in [1.807, 2.05) is 11.0 Å². The Bertz CT molecular complexity index is 850. The van der Waals surface area contributed by atoms with Crippen LogP contribution in [0.2, 0.25) is 0 Å². The normalized spacial score (nSPS) is 23.1. The largest absolute Gasteiger partial charge is 0.376 e. The van der Waals surface area contributed by atoms with E-state index < -0.39 is 0 Å². The second-order valence-corrected chi connectivity index (χ2v) is 9.08. The third-order valence-corrected chi connectivity index (χ3v) is 6.62. The molecule has 8 heteroatoms. The minimum Gasteiger partial charge on any atom is -0.376 e. The van der Waals surface area contributed by atoms with E-state index in [0.29, 0.717) is 18.9 Å². The number of hydrogen-bond donors (Lipinski definition) is 1. The number of nitrogens with zero attached hydrogens (tertiary/aromatic N) is 4. The maximum absolute atomic E-state index is 12.2. The first-order chi connectivity index (χ1) is 15.5. The molecular formula is C24H35N5O3. The number of amides is 2. The van der Waals surface area contributed by atoms with E-state index in [1.165, 1.54) is 5.56 Å². The van der Waals surface area contributed by atoms with Crippen molar-refractivity contribution in [2.24, 2.45) is 4.99 Å². The van der Waals surface area contributed by atoms with Crippen LogP contribution in [0.1, 0.15) is 43.6 Å². The Hall–Kier alpha value is -2.61. The lowest BCUT2D eigenvalue weighted by atomic mass is 9.98. The van der Waals surface area contributed by atoms with E-state index in [1.54, 1.807) is 19.0 Å². The molecule has 8 nitrogen and oxygen atoms in total. The molecule has 1 aromatic carbocycles. The summed E-state index contributed by atoms with van der Waals surface area (Å²) in [5, 5.41) is 3.48. The summed E-state index contributed by atoms with van der Waals surface area (Å²) >= 11 is 0. The zero-order valence-electron chi connectivity index (χ0n) is 19.3. The highest BCUT2D eigenvalue weighted by molar-refractivity contribution is 5.99. The van der Waals surface area contributed by atoms with Gasteiger partial charge < -0.3 is 24.8 Å². The SMILES string of the molecule is CN(C)C(=O)CN=C(NCC1CCCO1)N1CC(CCN2CCCC2=O)c2ccccc21. The van der Waals surface area contributed by atoms with Gasteiger partial charge in [-0.2, -0.15) is 0 Å². The monoisotopic (exact) mass is 441 g/mol. The van der Waals surface area contributed by atoms with Gasteiger partial charge in [-0.3, -0.25) is 9.59 Å². The number of likely N-dealkylation sites (N-methyl/N-ethyl adjacent to an activating group) is 1. The number of rotatable bonds is 7. The number of carbonyl (C=O) groups excluding carboxylic acids is 2. The Balaban J connectivity index is 1.50. The summed E-state index contributed by atoms with van der Waals surface area (Å²) in [6.07, 6.45) is 4.88. The first-order valence-electron chi connectivity index (χ1n) is 11.8. The maximum atomic E-state index is 12.2. The molecule has 0 aromatic heterocycles. The molecule has 4 rings (SSSR count). The van der Waals surface area contributed by atoms with E-state index in [-0.39, 0.29) is 24.5 Å². The average Bonchev–Trinajstić information content (AvgIpc) is 3.53. The van der Waals surface area contributed by atoms with E-state index in [4.69, 9.17) is 9.73 Å². The van der Waals surface area contributed by atoms with Crippen molar-refractivity contribution in [3.63, 3.8) is 0 Å². The fraction of sp³-hybridized carbons (Fsp3) is 0.625. The summed E-state index contributed by atoms with van der Waals surface area (Å²) in [4.78, 5) is 34.7. The molecule has 2 amide bonds. The number of para-hydroxylation sites is 1. The van der Waals surface area contributed by atoms with Crippen LogP contribution in [-0.2, 0) is 14.3 Å². The van der Waals surface area contributed by atoms with Crippen molar-refractivity contribution in [1.29, 1.82) is 0 Å². The van der Waals surface area contributed by atoms with Gasteiger partial charge in [0.25, 0.3) is 0 Å². The van der Waals surface area contributed by atoms with Crippen LogP contribution in [0.4, 0.5) is 5.69 Å². The molecule has 32 heavy (non-hydrogen) atoms. The number of anilines is 1. The van der Waals surface area contributed by atoms with Gasteiger partial charge in [-0.1, -0.05) is 18.2 Å². The number of fused-ring (bicyclic) bond motifs is 1. The number of carbonyl (C=O) groups is 2. The van der Waals surface area contributed by atoms with Gasteiger partial charge in [0, 0.05) is 64.9 Å². The van der Waals surface area contributed by atoms with Gasteiger partial charge >= 0.3 is 0 Å². The molecule has 2 fully saturated rings. The van der Waals surface area contributed by atoms with Crippen LogP contribution < -0.4 is 10.2 Å². The highest BCUT2D eigenvalue weighted by atomic mass is 16.5. The van der Waals surface area contributed by atoms with Gasteiger partial charge in [0.2, 0.25) is 11.8 Å². The highest BCUT2D eigenvalue weighted by Crippen LogP contribution is 2.38. The predicted molar refractivity (Wildman–Crippen MR) is 125 cm³/mol. The van der Waals surface area contributed by atoms with Crippen molar-refractivity contribution >= 4 is 23.5 Å². The molecule has 3 heterocycles. The number of benzene rings is 1. The minimum atomic E-state index is -0.0296. The fourth-order valence-corrected chi connectivity index (χ4v) is 4.73. The summed E-state index contributed by atoms with van der Waals surface area (Å²) in [6, 6.07) is 8.41.